The van der Waals surface area contributed by atoms with Gasteiger partial charge in [-0.15, -0.1) is 0 Å². The van der Waals surface area contributed by atoms with Gasteiger partial charge in [-0.25, -0.2) is 0 Å². The molecule has 2 atom stereocenters. The van der Waals surface area contributed by atoms with Crippen LogP contribution in [0.5, 0.6) is 0 Å². The van der Waals surface area contributed by atoms with Gasteiger partial charge in [0.25, 0.3) is 0 Å². The van der Waals surface area contributed by atoms with Gasteiger partial charge in [-0.2, -0.15) is 0 Å². The van der Waals surface area contributed by atoms with Gasteiger partial charge in [0.05, 0.1) is 12.0 Å². The predicted octanol–water partition coefficient (Wildman–Crippen LogP) is 2.04. The molecule has 1 aliphatic carbocycles. The Bertz CT molecular complexity index is 724. The summed E-state index contributed by atoms with van der Waals surface area (Å²) in [5.41, 5.74) is 2.12. The third kappa shape index (κ3) is 3.49. The third-order valence-electron chi connectivity index (χ3n) is 6.67. The maximum Gasteiger partial charge on any atom is 0.236 e. The molecule has 3 heterocycles. The van der Waals surface area contributed by atoms with Gasteiger partial charge in [-0.05, 0) is 44.1 Å². The smallest absolute Gasteiger partial charge is 0.236 e. The van der Waals surface area contributed by atoms with Crippen molar-refractivity contribution in [2.75, 3.05) is 40.3 Å². The van der Waals surface area contributed by atoms with Crippen LogP contribution in [0.25, 0.3) is 0 Å². The number of carbonyl (C=O) groups is 2. The Labute approximate surface area is 162 Å². The highest BCUT2D eigenvalue weighted by atomic mass is 16.2. The summed E-state index contributed by atoms with van der Waals surface area (Å²) in [6.45, 7) is 5.15. The van der Waals surface area contributed by atoms with E-state index in [2.05, 4.69) is 41.0 Å². The lowest BCUT2D eigenvalue weighted by Crippen LogP contribution is -2.51. The minimum absolute atomic E-state index is 0.146. The minimum Gasteiger partial charge on any atom is -0.348 e. The van der Waals surface area contributed by atoms with E-state index < -0.39 is 0 Å². The molecular weight excluding hydrogens is 338 g/mol. The van der Waals surface area contributed by atoms with E-state index in [1.54, 1.807) is 4.90 Å². The zero-order chi connectivity index (χ0) is 19.2. The first-order chi connectivity index (χ1) is 12.9. The minimum atomic E-state index is -0.289. The van der Waals surface area contributed by atoms with Crippen molar-refractivity contribution >= 4 is 11.8 Å². The van der Waals surface area contributed by atoms with Crippen LogP contribution in [0.15, 0.2) is 24.3 Å². The lowest BCUT2D eigenvalue weighted by Gasteiger charge is -2.38. The lowest BCUT2D eigenvalue weighted by atomic mass is 9.89. The van der Waals surface area contributed by atoms with Crippen LogP contribution < -0.4 is 0 Å². The Morgan fingerprint density at radius 3 is 2.41 bits per heavy atom. The average molecular weight is 370 g/mol. The standard InChI is InChI=1S/C22H31N3O2/c1-16-4-7-18(8-5-16)22(10-11-22)21(27)25-13-17-6-9-19(25)14-24(12-17)15-20(26)23(2)3/h4-5,7-8,17,19H,6,9-15H2,1-3H3/t17-,19+/m0/s1. The Morgan fingerprint density at radius 1 is 1.07 bits per heavy atom. The summed E-state index contributed by atoms with van der Waals surface area (Å²) in [6, 6.07) is 8.75. The zero-order valence-corrected chi connectivity index (χ0v) is 16.8. The summed E-state index contributed by atoms with van der Waals surface area (Å²) >= 11 is 0. The fourth-order valence-electron chi connectivity index (χ4n) is 4.79. The Hall–Kier alpha value is -1.88. The first-order valence-corrected chi connectivity index (χ1v) is 10.2. The molecule has 5 rings (SSSR count). The van der Waals surface area contributed by atoms with Gasteiger partial charge in [-0.3, -0.25) is 14.5 Å². The van der Waals surface area contributed by atoms with E-state index in [4.69, 9.17) is 0 Å². The second-order valence-electron chi connectivity index (χ2n) is 8.99. The maximum atomic E-state index is 13.6. The van der Waals surface area contributed by atoms with E-state index >= 15 is 0 Å². The number of fused-ring (bicyclic) bond motifs is 4. The normalized spacial score (nSPS) is 26.6. The number of benzene rings is 1. The highest BCUT2D eigenvalue weighted by molar-refractivity contribution is 5.91. The summed E-state index contributed by atoms with van der Waals surface area (Å²) in [7, 11) is 3.62. The van der Waals surface area contributed by atoms with Gasteiger partial charge >= 0.3 is 0 Å². The van der Waals surface area contributed by atoms with Gasteiger partial charge in [0.15, 0.2) is 0 Å². The van der Waals surface area contributed by atoms with Crippen LogP contribution in [0, 0.1) is 12.8 Å². The molecule has 2 amide bonds. The van der Waals surface area contributed by atoms with Crippen LogP contribution in [0.2, 0.25) is 0 Å². The molecule has 0 aromatic heterocycles. The summed E-state index contributed by atoms with van der Waals surface area (Å²) in [4.78, 5) is 31.8. The zero-order valence-electron chi connectivity index (χ0n) is 16.8. The molecule has 5 nitrogen and oxygen atoms in total. The number of piperidine rings is 1. The van der Waals surface area contributed by atoms with E-state index in [0.29, 0.717) is 18.4 Å². The number of carbonyl (C=O) groups excluding carboxylic acids is 2. The van der Waals surface area contributed by atoms with Gasteiger partial charge in [0.2, 0.25) is 11.8 Å². The largest absolute Gasteiger partial charge is 0.348 e. The molecule has 146 valence electrons. The molecule has 2 bridgehead atoms. The van der Waals surface area contributed by atoms with Crippen LogP contribution in [0.1, 0.15) is 36.8 Å². The van der Waals surface area contributed by atoms with Crippen molar-refractivity contribution in [2.24, 2.45) is 5.92 Å². The molecule has 3 saturated heterocycles. The van der Waals surface area contributed by atoms with Gasteiger partial charge < -0.3 is 9.80 Å². The lowest BCUT2D eigenvalue weighted by molar-refractivity contribution is -0.138. The Balaban J connectivity index is 1.50. The summed E-state index contributed by atoms with van der Waals surface area (Å²) in [5, 5.41) is 0. The molecule has 0 unspecified atom stereocenters. The van der Waals surface area contributed by atoms with Crippen molar-refractivity contribution in [3.63, 3.8) is 0 Å². The molecule has 4 fully saturated rings. The van der Waals surface area contributed by atoms with Crippen molar-refractivity contribution in [2.45, 2.75) is 44.1 Å². The monoisotopic (exact) mass is 369 g/mol. The highest BCUT2D eigenvalue weighted by Gasteiger charge is 2.55. The van der Waals surface area contributed by atoms with E-state index in [-0.39, 0.29) is 17.4 Å². The first-order valence-electron chi connectivity index (χ1n) is 10.2. The van der Waals surface area contributed by atoms with Crippen molar-refractivity contribution in [1.82, 2.24) is 14.7 Å². The van der Waals surface area contributed by atoms with Crippen LogP contribution >= 0.6 is 0 Å². The summed E-state index contributed by atoms with van der Waals surface area (Å²) in [6.07, 6.45) is 4.16. The number of aryl methyl sites for hydroxylation is 1. The molecule has 0 radical (unpaired) electrons. The van der Waals surface area contributed by atoms with Crippen LogP contribution in [0.4, 0.5) is 0 Å². The predicted molar refractivity (Wildman–Crippen MR) is 105 cm³/mol. The van der Waals surface area contributed by atoms with Gasteiger partial charge in [0.1, 0.15) is 0 Å². The van der Waals surface area contributed by atoms with E-state index in [0.717, 1.165) is 38.9 Å². The number of likely N-dealkylation sites (N-methyl/N-ethyl adjacent to an activating group) is 1. The summed E-state index contributed by atoms with van der Waals surface area (Å²) < 4.78 is 0. The average Bonchev–Trinajstić information content (AvgIpc) is 3.47. The highest BCUT2D eigenvalue weighted by Crippen LogP contribution is 2.50. The third-order valence-corrected chi connectivity index (χ3v) is 6.67. The molecule has 1 aromatic rings. The number of amides is 2. The molecule has 0 N–H and O–H groups in total. The van der Waals surface area contributed by atoms with E-state index in [9.17, 15) is 9.59 Å². The molecular formula is C22H31N3O2. The maximum absolute atomic E-state index is 13.6. The van der Waals surface area contributed by atoms with Crippen molar-refractivity contribution < 1.29 is 9.59 Å². The van der Waals surface area contributed by atoms with Crippen LogP contribution in [-0.2, 0) is 15.0 Å². The van der Waals surface area contributed by atoms with E-state index in [1.165, 1.54) is 17.5 Å². The van der Waals surface area contributed by atoms with Crippen molar-refractivity contribution in [1.29, 1.82) is 0 Å². The Morgan fingerprint density at radius 2 is 1.78 bits per heavy atom. The number of nitrogens with zero attached hydrogens (tertiary/aromatic N) is 3. The molecule has 0 spiro atoms. The number of hydrogen-bond acceptors (Lipinski definition) is 3. The second-order valence-corrected chi connectivity index (χ2v) is 8.99. The van der Waals surface area contributed by atoms with Crippen LogP contribution in [0.3, 0.4) is 0 Å². The SMILES string of the molecule is Cc1ccc(C2(C(=O)N3C[C@H]4CC[C@@H]3CN(CC(=O)N(C)C)C4)CC2)cc1. The number of hydrogen-bond donors (Lipinski definition) is 0. The van der Waals surface area contributed by atoms with E-state index in [1.807, 2.05) is 14.1 Å². The molecule has 1 saturated carbocycles. The summed E-state index contributed by atoms with van der Waals surface area (Å²) in [5.74, 6) is 0.950. The van der Waals surface area contributed by atoms with Gasteiger partial charge in [-0.1, -0.05) is 29.8 Å². The molecule has 4 aliphatic rings. The number of rotatable bonds is 4. The topological polar surface area (TPSA) is 43.9 Å². The quantitative estimate of drug-likeness (QED) is 0.816. The van der Waals surface area contributed by atoms with Crippen molar-refractivity contribution in [3.8, 4) is 0 Å². The fraction of sp³-hybridized carbons (Fsp3) is 0.636. The Kier molecular flexibility index (Phi) is 4.75. The van der Waals surface area contributed by atoms with Crippen LogP contribution in [-0.4, -0.2) is 72.8 Å². The first kappa shape index (κ1) is 18.5. The molecule has 1 aromatic carbocycles. The second kappa shape index (κ2) is 6.93. The fourth-order valence-corrected chi connectivity index (χ4v) is 4.79. The molecule has 27 heavy (non-hydrogen) atoms. The molecule has 3 aliphatic heterocycles. The van der Waals surface area contributed by atoms with Gasteiger partial charge in [0, 0.05) is 39.8 Å². The molecule has 5 heteroatoms. The van der Waals surface area contributed by atoms with Crippen molar-refractivity contribution in [3.05, 3.63) is 35.4 Å².